The Hall–Kier alpha value is -4.59. The first-order chi connectivity index (χ1) is 17.9. The Balaban J connectivity index is 1.75. The third-order valence-electron chi connectivity index (χ3n) is 6.80. The second-order valence-electron chi connectivity index (χ2n) is 8.89. The van der Waals surface area contributed by atoms with Gasteiger partial charge >= 0.3 is 11.9 Å². The molecule has 1 aliphatic heterocycles. The minimum absolute atomic E-state index is 0.144. The van der Waals surface area contributed by atoms with Crippen molar-refractivity contribution < 1.29 is 23.5 Å². The Kier molecular flexibility index (Phi) is 6.17. The van der Waals surface area contributed by atoms with Crippen LogP contribution in [-0.2, 0) is 25.6 Å². The molecule has 1 aliphatic rings. The monoisotopic (exact) mass is 498 g/mol. The number of nitrogens with zero attached hydrogens (tertiary/aromatic N) is 1. The molecule has 1 N–H and O–H groups in total. The highest BCUT2D eigenvalue weighted by molar-refractivity contribution is 6.05. The van der Waals surface area contributed by atoms with Gasteiger partial charge in [0.25, 0.3) is 0 Å². The van der Waals surface area contributed by atoms with E-state index in [9.17, 15) is 14.4 Å². The van der Waals surface area contributed by atoms with Gasteiger partial charge in [0.2, 0.25) is 5.43 Å². The predicted molar refractivity (Wildman–Crippen MR) is 139 cm³/mol. The molecule has 0 aliphatic carbocycles. The van der Waals surface area contributed by atoms with Crippen molar-refractivity contribution >= 4 is 33.9 Å². The van der Waals surface area contributed by atoms with Crippen LogP contribution in [0.3, 0.4) is 0 Å². The van der Waals surface area contributed by atoms with E-state index < -0.39 is 18.0 Å². The van der Waals surface area contributed by atoms with Crippen molar-refractivity contribution in [1.82, 2.24) is 9.88 Å². The zero-order valence-electron chi connectivity index (χ0n) is 21.0. The molecule has 0 saturated heterocycles. The number of ether oxygens (including phenoxy) is 2. The van der Waals surface area contributed by atoms with Gasteiger partial charge in [0, 0.05) is 17.6 Å². The lowest BCUT2D eigenvalue weighted by atomic mass is 9.87. The second-order valence-corrected chi connectivity index (χ2v) is 8.89. The molecule has 0 spiro atoms. The predicted octanol–water partition coefficient (Wildman–Crippen LogP) is 4.38. The van der Waals surface area contributed by atoms with Crippen LogP contribution in [0.25, 0.3) is 22.0 Å². The number of methoxy groups -OCH3 is 2. The zero-order chi connectivity index (χ0) is 26.3. The van der Waals surface area contributed by atoms with Crippen LogP contribution >= 0.6 is 0 Å². The number of para-hydroxylation sites is 1. The standard InChI is InChI=1S/C29H26N2O6/c1-16-22(28(33)35-3)17(2)30-24(23(16)29(34)36-4)20-15-37-27-19-12-8-9-13-21(19)31(25(27)26(20)32)14-18-10-6-5-7-11-18/h5-13,15,24,30H,14H2,1-4H3. The minimum Gasteiger partial charge on any atom is -0.466 e. The van der Waals surface area contributed by atoms with Gasteiger partial charge in [-0.05, 0) is 37.1 Å². The highest BCUT2D eigenvalue weighted by Crippen LogP contribution is 2.36. The molecule has 1 unspecified atom stereocenters. The third-order valence-corrected chi connectivity index (χ3v) is 6.80. The lowest BCUT2D eigenvalue weighted by Gasteiger charge is -2.29. The number of benzene rings is 2. The third kappa shape index (κ3) is 3.91. The molecule has 5 rings (SSSR count). The van der Waals surface area contributed by atoms with E-state index in [-0.39, 0.29) is 22.1 Å². The molecule has 0 fully saturated rings. The topological polar surface area (TPSA) is 99.8 Å². The van der Waals surface area contributed by atoms with Gasteiger partial charge in [-0.1, -0.05) is 42.5 Å². The molecule has 2 aromatic heterocycles. The van der Waals surface area contributed by atoms with Crippen molar-refractivity contribution in [3.05, 3.63) is 105 Å². The number of hydrogen-bond donors (Lipinski definition) is 1. The summed E-state index contributed by atoms with van der Waals surface area (Å²) < 4.78 is 18.0. The number of hydrogen-bond acceptors (Lipinski definition) is 7. The normalized spacial score (nSPS) is 15.7. The number of esters is 2. The maximum atomic E-state index is 14.1. The Bertz CT molecular complexity index is 1670. The molecular weight excluding hydrogens is 472 g/mol. The summed E-state index contributed by atoms with van der Waals surface area (Å²) in [4.78, 5) is 39.5. The molecule has 0 bridgehead atoms. The van der Waals surface area contributed by atoms with Crippen molar-refractivity contribution in [1.29, 1.82) is 0 Å². The van der Waals surface area contributed by atoms with Crippen molar-refractivity contribution in [2.45, 2.75) is 26.4 Å². The van der Waals surface area contributed by atoms with E-state index in [2.05, 4.69) is 5.32 Å². The minimum atomic E-state index is -0.885. The Morgan fingerprint density at radius 3 is 2.35 bits per heavy atom. The summed E-state index contributed by atoms with van der Waals surface area (Å²) in [5.41, 5.74) is 3.93. The number of carbonyl (C=O) groups is 2. The number of dihydropyridines is 1. The van der Waals surface area contributed by atoms with Gasteiger partial charge in [0.1, 0.15) is 11.8 Å². The van der Waals surface area contributed by atoms with Crippen LogP contribution in [0.5, 0.6) is 0 Å². The van der Waals surface area contributed by atoms with Gasteiger partial charge in [-0.3, -0.25) is 4.79 Å². The lowest BCUT2D eigenvalue weighted by molar-refractivity contribution is -0.136. The number of aromatic nitrogens is 1. The summed E-state index contributed by atoms with van der Waals surface area (Å²) in [6.45, 7) is 3.80. The summed E-state index contributed by atoms with van der Waals surface area (Å²) in [5, 5.41) is 3.97. The molecule has 8 heteroatoms. The van der Waals surface area contributed by atoms with Gasteiger partial charge in [-0.15, -0.1) is 0 Å². The smallest absolute Gasteiger partial charge is 0.339 e. The Labute approximate surface area is 212 Å². The van der Waals surface area contributed by atoms with E-state index >= 15 is 0 Å². The van der Waals surface area contributed by atoms with Crippen LogP contribution < -0.4 is 10.7 Å². The van der Waals surface area contributed by atoms with E-state index in [1.165, 1.54) is 20.5 Å². The van der Waals surface area contributed by atoms with E-state index in [1.54, 1.807) is 13.8 Å². The largest absolute Gasteiger partial charge is 0.466 e. The molecule has 0 saturated carbocycles. The van der Waals surface area contributed by atoms with Crippen molar-refractivity contribution in [3.8, 4) is 0 Å². The first kappa shape index (κ1) is 24.1. The maximum absolute atomic E-state index is 14.1. The maximum Gasteiger partial charge on any atom is 0.339 e. The Morgan fingerprint density at radius 1 is 0.973 bits per heavy atom. The van der Waals surface area contributed by atoms with Crippen molar-refractivity contribution in [3.63, 3.8) is 0 Å². The van der Waals surface area contributed by atoms with E-state index in [1.807, 2.05) is 59.2 Å². The lowest BCUT2D eigenvalue weighted by Crippen LogP contribution is -2.36. The van der Waals surface area contributed by atoms with Crippen LogP contribution in [-0.4, -0.2) is 30.7 Å². The van der Waals surface area contributed by atoms with Crippen LogP contribution in [0.15, 0.2) is 92.5 Å². The molecule has 4 aromatic rings. The van der Waals surface area contributed by atoms with Crippen LogP contribution in [0.2, 0.25) is 0 Å². The molecule has 8 nitrogen and oxygen atoms in total. The van der Waals surface area contributed by atoms with E-state index in [0.29, 0.717) is 28.9 Å². The number of rotatable bonds is 5. The summed E-state index contributed by atoms with van der Waals surface area (Å²) in [5.74, 6) is -1.25. The molecule has 3 heterocycles. The van der Waals surface area contributed by atoms with Gasteiger partial charge in [0.15, 0.2) is 5.58 Å². The quantitative estimate of drug-likeness (QED) is 0.408. The van der Waals surface area contributed by atoms with Gasteiger partial charge in [-0.25, -0.2) is 9.59 Å². The van der Waals surface area contributed by atoms with Gasteiger partial charge < -0.3 is 23.8 Å². The number of nitrogens with one attached hydrogen (secondary N) is 1. The van der Waals surface area contributed by atoms with Gasteiger partial charge in [-0.2, -0.15) is 0 Å². The van der Waals surface area contributed by atoms with Crippen molar-refractivity contribution in [2.75, 3.05) is 14.2 Å². The second kappa shape index (κ2) is 9.46. The summed E-state index contributed by atoms with van der Waals surface area (Å²) in [6.07, 6.45) is 1.38. The van der Waals surface area contributed by atoms with E-state index in [4.69, 9.17) is 13.9 Å². The first-order valence-corrected chi connectivity index (χ1v) is 11.8. The first-order valence-electron chi connectivity index (χ1n) is 11.8. The number of carbonyl (C=O) groups excluding carboxylic acids is 2. The Morgan fingerprint density at radius 2 is 1.65 bits per heavy atom. The highest BCUT2D eigenvalue weighted by atomic mass is 16.5. The highest BCUT2D eigenvalue weighted by Gasteiger charge is 2.36. The summed E-state index contributed by atoms with van der Waals surface area (Å²) in [7, 11) is 2.53. The molecule has 37 heavy (non-hydrogen) atoms. The summed E-state index contributed by atoms with van der Waals surface area (Å²) >= 11 is 0. The van der Waals surface area contributed by atoms with Crippen LogP contribution in [0.1, 0.15) is 31.0 Å². The molecule has 1 atom stereocenters. The fourth-order valence-electron chi connectivity index (χ4n) is 5.07. The molecular formula is C29H26N2O6. The number of allylic oxidation sites excluding steroid dienone is 1. The van der Waals surface area contributed by atoms with Crippen molar-refractivity contribution in [2.24, 2.45) is 0 Å². The molecule has 2 aromatic carbocycles. The van der Waals surface area contributed by atoms with Gasteiger partial charge in [0.05, 0.1) is 42.5 Å². The fraction of sp³-hybridized carbons (Fsp3) is 0.207. The zero-order valence-corrected chi connectivity index (χ0v) is 21.0. The average Bonchev–Trinajstić information content (AvgIpc) is 3.22. The fourth-order valence-corrected chi connectivity index (χ4v) is 5.07. The van der Waals surface area contributed by atoms with Crippen LogP contribution in [0.4, 0.5) is 0 Å². The average molecular weight is 499 g/mol. The number of fused-ring (bicyclic) bond motifs is 3. The van der Waals surface area contributed by atoms with Crippen LogP contribution in [0, 0.1) is 0 Å². The summed E-state index contributed by atoms with van der Waals surface area (Å²) in [6, 6.07) is 16.6. The molecule has 0 amide bonds. The molecule has 188 valence electrons. The SMILES string of the molecule is COC(=O)C1=C(C)NC(c2coc3c4ccccc4n(Cc4ccccc4)c3c2=O)C(C(=O)OC)=C1C. The molecule has 0 radical (unpaired) electrons. The van der Waals surface area contributed by atoms with E-state index in [0.717, 1.165) is 16.5 Å².